The van der Waals surface area contributed by atoms with Gasteiger partial charge in [-0.1, -0.05) is 34.9 Å². The van der Waals surface area contributed by atoms with E-state index in [4.69, 9.17) is 16.3 Å². The van der Waals surface area contributed by atoms with Crippen molar-refractivity contribution < 1.29 is 19.7 Å². The second kappa shape index (κ2) is 9.15. The van der Waals surface area contributed by atoms with Gasteiger partial charge in [0, 0.05) is 5.56 Å². The summed E-state index contributed by atoms with van der Waals surface area (Å²) in [5.41, 5.74) is 3.38. The fourth-order valence-electron chi connectivity index (χ4n) is 3.34. The molecular formula is C23H31ClO4. The molecule has 28 heavy (non-hydrogen) atoms. The summed E-state index contributed by atoms with van der Waals surface area (Å²) in [6, 6.07) is 0. The van der Waals surface area contributed by atoms with Crippen LogP contribution in [-0.4, -0.2) is 28.2 Å². The van der Waals surface area contributed by atoms with Crippen molar-refractivity contribution in [1.82, 2.24) is 0 Å². The molecule has 1 aliphatic heterocycles. The summed E-state index contributed by atoms with van der Waals surface area (Å²) in [6.45, 7) is 10.0. The number of allylic oxidation sites excluding steroid dienone is 4. The number of epoxide rings is 1. The largest absolute Gasteiger partial charge is 0.507 e. The molecule has 0 bridgehead atoms. The van der Waals surface area contributed by atoms with Crippen molar-refractivity contribution in [2.24, 2.45) is 0 Å². The highest BCUT2D eigenvalue weighted by Gasteiger charge is 2.46. The van der Waals surface area contributed by atoms with Crippen LogP contribution in [0.15, 0.2) is 23.3 Å². The quantitative estimate of drug-likeness (QED) is 0.297. The number of aldehydes is 1. The van der Waals surface area contributed by atoms with Crippen LogP contribution in [0.25, 0.3) is 0 Å². The van der Waals surface area contributed by atoms with Crippen molar-refractivity contribution in [3.05, 3.63) is 45.0 Å². The first-order valence-electron chi connectivity index (χ1n) is 9.75. The second-order valence-corrected chi connectivity index (χ2v) is 8.62. The van der Waals surface area contributed by atoms with Crippen molar-refractivity contribution in [2.45, 2.75) is 78.4 Å². The number of benzene rings is 1. The number of aromatic hydroxyl groups is 2. The Hall–Kier alpha value is -1.78. The van der Waals surface area contributed by atoms with Crippen LogP contribution in [0, 0.1) is 6.92 Å². The van der Waals surface area contributed by atoms with Gasteiger partial charge in [-0.25, -0.2) is 0 Å². The van der Waals surface area contributed by atoms with E-state index in [1.165, 1.54) is 5.57 Å². The fourth-order valence-corrected chi connectivity index (χ4v) is 3.56. The lowest BCUT2D eigenvalue weighted by molar-refractivity contribution is 0.112. The SMILES string of the molecule is C/C(=C\Cc1c(O)c(Cl)c(C)c(C=O)c1O)CC/C=C(\C)CC[C@@H]1OC1(C)C. The molecule has 1 fully saturated rings. The molecular weight excluding hydrogens is 376 g/mol. The van der Waals surface area contributed by atoms with Gasteiger partial charge in [0.2, 0.25) is 0 Å². The molecule has 1 saturated heterocycles. The van der Waals surface area contributed by atoms with Crippen molar-refractivity contribution in [3.63, 3.8) is 0 Å². The fraction of sp³-hybridized carbons (Fsp3) is 0.522. The predicted octanol–water partition coefficient (Wildman–Crippen LogP) is 6.05. The average Bonchev–Trinajstić information content (AvgIpc) is 3.25. The zero-order valence-electron chi connectivity index (χ0n) is 17.4. The first-order chi connectivity index (χ1) is 13.1. The van der Waals surface area contributed by atoms with Gasteiger partial charge in [-0.05, 0) is 72.3 Å². The Morgan fingerprint density at radius 1 is 1.14 bits per heavy atom. The third-order valence-corrected chi connectivity index (χ3v) is 6.00. The Kier molecular flexibility index (Phi) is 7.35. The summed E-state index contributed by atoms with van der Waals surface area (Å²) in [7, 11) is 0. The van der Waals surface area contributed by atoms with E-state index in [-0.39, 0.29) is 33.2 Å². The van der Waals surface area contributed by atoms with Crippen LogP contribution in [0.5, 0.6) is 11.5 Å². The van der Waals surface area contributed by atoms with Crippen LogP contribution >= 0.6 is 11.6 Å². The Morgan fingerprint density at radius 3 is 2.32 bits per heavy atom. The van der Waals surface area contributed by atoms with Crippen molar-refractivity contribution in [1.29, 1.82) is 0 Å². The van der Waals surface area contributed by atoms with E-state index in [1.54, 1.807) is 6.92 Å². The van der Waals surface area contributed by atoms with E-state index in [9.17, 15) is 15.0 Å². The molecule has 0 amide bonds. The molecule has 1 aromatic carbocycles. The molecule has 0 aliphatic carbocycles. The first-order valence-corrected chi connectivity index (χ1v) is 10.1. The minimum absolute atomic E-state index is 0.0549. The van der Waals surface area contributed by atoms with Crippen LogP contribution in [0.1, 0.15) is 74.9 Å². The molecule has 0 aromatic heterocycles. The molecule has 0 radical (unpaired) electrons. The van der Waals surface area contributed by atoms with Gasteiger partial charge in [0.15, 0.2) is 6.29 Å². The van der Waals surface area contributed by atoms with Crippen LogP contribution < -0.4 is 0 Å². The van der Waals surface area contributed by atoms with Gasteiger partial charge < -0.3 is 14.9 Å². The van der Waals surface area contributed by atoms with E-state index >= 15 is 0 Å². The highest BCUT2D eigenvalue weighted by molar-refractivity contribution is 6.33. The first kappa shape index (κ1) is 22.5. The molecule has 2 rings (SSSR count). The zero-order valence-corrected chi connectivity index (χ0v) is 18.2. The molecule has 1 heterocycles. The number of hydrogen-bond acceptors (Lipinski definition) is 4. The van der Waals surface area contributed by atoms with Crippen LogP contribution in [-0.2, 0) is 11.2 Å². The number of phenolic OH excluding ortho intramolecular Hbond substituents is 2. The number of halogens is 1. The lowest BCUT2D eigenvalue weighted by atomic mass is 9.98. The number of rotatable bonds is 9. The lowest BCUT2D eigenvalue weighted by Gasteiger charge is -2.13. The molecule has 2 N–H and O–H groups in total. The minimum atomic E-state index is -0.195. The molecule has 0 unspecified atom stereocenters. The molecule has 1 aliphatic rings. The molecule has 1 atom stereocenters. The predicted molar refractivity (Wildman–Crippen MR) is 114 cm³/mol. The van der Waals surface area contributed by atoms with Crippen LogP contribution in [0.2, 0.25) is 5.02 Å². The summed E-state index contributed by atoms with van der Waals surface area (Å²) in [6.07, 6.45) is 9.44. The summed E-state index contributed by atoms with van der Waals surface area (Å²) < 4.78 is 5.61. The topological polar surface area (TPSA) is 70.1 Å². The van der Waals surface area contributed by atoms with Gasteiger partial charge in [0.05, 0.1) is 22.3 Å². The summed E-state index contributed by atoms with van der Waals surface area (Å²) in [5, 5.41) is 20.6. The standard InChI is InChI=1S/C23H31ClO4/c1-14(7-6-8-15(2)10-12-19-23(4,5)28-19)9-11-17-21(26)18(13-25)16(3)20(24)22(17)27/h8-9,13,19,26-27H,6-7,10-12H2,1-5H3/b14-9+,15-8+/t19-/m0/s1. The number of carbonyl (C=O) groups excluding carboxylic acids is 1. The zero-order chi connectivity index (χ0) is 21.1. The van der Waals surface area contributed by atoms with E-state index in [1.807, 2.05) is 13.0 Å². The summed E-state index contributed by atoms with van der Waals surface area (Å²) in [5.74, 6) is -0.355. The smallest absolute Gasteiger partial charge is 0.154 e. The highest BCUT2D eigenvalue weighted by Crippen LogP contribution is 2.40. The molecule has 154 valence electrons. The molecule has 5 heteroatoms. The van der Waals surface area contributed by atoms with E-state index < -0.39 is 0 Å². The van der Waals surface area contributed by atoms with Gasteiger partial charge >= 0.3 is 0 Å². The number of ether oxygens (including phenoxy) is 1. The number of hydrogen-bond donors (Lipinski definition) is 2. The van der Waals surface area contributed by atoms with Crippen LogP contribution in [0.3, 0.4) is 0 Å². The minimum Gasteiger partial charge on any atom is -0.507 e. The molecule has 0 saturated carbocycles. The van der Waals surface area contributed by atoms with Gasteiger partial charge in [-0.2, -0.15) is 0 Å². The van der Waals surface area contributed by atoms with Crippen molar-refractivity contribution in [3.8, 4) is 11.5 Å². The maximum absolute atomic E-state index is 11.2. The monoisotopic (exact) mass is 406 g/mol. The second-order valence-electron chi connectivity index (χ2n) is 8.24. The van der Waals surface area contributed by atoms with Gasteiger partial charge in [-0.3, -0.25) is 4.79 Å². The van der Waals surface area contributed by atoms with Gasteiger partial charge in [0.1, 0.15) is 11.5 Å². The number of phenols is 2. The van der Waals surface area contributed by atoms with Gasteiger partial charge in [0.25, 0.3) is 0 Å². The van der Waals surface area contributed by atoms with Crippen molar-refractivity contribution >= 4 is 17.9 Å². The third-order valence-electron chi connectivity index (χ3n) is 5.54. The molecule has 1 aromatic rings. The maximum atomic E-state index is 11.2. The van der Waals surface area contributed by atoms with E-state index in [0.717, 1.165) is 31.3 Å². The molecule has 4 nitrogen and oxygen atoms in total. The Bertz CT molecular complexity index is 806. The van der Waals surface area contributed by atoms with Crippen LogP contribution in [0.4, 0.5) is 0 Å². The average molecular weight is 407 g/mol. The highest BCUT2D eigenvalue weighted by atomic mass is 35.5. The summed E-state index contributed by atoms with van der Waals surface area (Å²) >= 11 is 6.09. The maximum Gasteiger partial charge on any atom is 0.154 e. The lowest BCUT2D eigenvalue weighted by Crippen LogP contribution is -2.02. The Labute approximate surface area is 172 Å². The van der Waals surface area contributed by atoms with E-state index in [2.05, 4.69) is 26.8 Å². The molecule has 0 spiro atoms. The number of carbonyl (C=O) groups is 1. The Balaban J connectivity index is 1.91. The normalized spacial score (nSPS) is 19.0. The summed E-state index contributed by atoms with van der Waals surface area (Å²) in [4.78, 5) is 11.2. The van der Waals surface area contributed by atoms with Gasteiger partial charge in [-0.15, -0.1) is 0 Å². The Morgan fingerprint density at radius 2 is 1.75 bits per heavy atom. The van der Waals surface area contributed by atoms with E-state index in [0.29, 0.717) is 24.4 Å². The third kappa shape index (κ3) is 5.39. The van der Waals surface area contributed by atoms with Crippen molar-refractivity contribution in [2.75, 3.05) is 0 Å².